The summed E-state index contributed by atoms with van der Waals surface area (Å²) in [6.45, 7) is 5.04. The van der Waals surface area contributed by atoms with Gasteiger partial charge in [-0.25, -0.2) is 0 Å². The second kappa shape index (κ2) is 7.17. The molecule has 0 saturated carbocycles. The number of hydrogen-bond acceptors (Lipinski definition) is 5. The lowest BCUT2D eigenvalue weighted by atomic mass is 10.1. The summed E-state index contributed by atoms with van der Waals surface area (Å²) < 4.78 is 11.2. The zero-order chi connectivity index (χ0) is 14.4. The van der Waals surface area contributed by atoms with Crippen molar-refractivity contribution in [2.45, 2.75) is 32.4 Å². The van der Waals surface area contributed by atoms with Gasteiger partial charge < -0.3 is 14.5 Å². The van der Waals surface area contributed by atoms with Crippen LogP contribution in [0.4, 0.5) is 0 Å². The smallest absolute Gasteiger partial charge is 0.249 e. The Hall–Kier alpha value is -1.72. The van der Waals surface area contributed by atoms with Gasteiger partial charge in [0.1, 0.15) is 0 Å². The molecule has 0 saturated heterocycles. The molecule has 0 radical (unpaired) electrons. The van der Waals surface area contributed by atoms with Crippen molar-refractivity contribution in [1.29, 1.82) is 0 Å². The number of hydrogen-bond donors (Lipinski definition) is 1. The first-order valence-corrected chi connectivity index (χ1v) is 6.84. The summed E-state index contributed by atoms with van der Waals surface area (Å²) in [4.78, 5) is 0. The van der Waals surface area contributed by atoms with Crippen molar-refractivity contribution < 1.29 is 9.15 Å². The van der Waals surface area contributed by atoms with Crippen molar-refractivity contribution in [2.24, 2.45) is 0 Å². The van der Waals surface area contributed by atoms with E-state index in [1.54, 1.807) is 7.11 Å². The fourth-order valence-corrected chi connectivity index (χ4v) is 1.95. The first-order valence-electron chi connectivity index (χ1n) is 6.84. The monoisotopic (exact) mass is 275 g/mol. The molecule has 1 N–H and O–H groups in total. The molecule has 0 bridgehead atoms. The third-order valence-electron chi connectivity index (χ3n) is 2.94. The Labute approximate surface area is 119 Å². The molecular formula is C15H21N3O2. The minimum atomic E-state index is -0.310. The molecule has 0 fully saturated rings. The number of methoxy groups -OCH3 is 1. The highest BCUT2D eigenvalue weighted by Gasteiger charge is 2.19. The fraction of sp³-hybridized carbons (Fsp3) is 0.467. The van der Waals surface area contributed by atoms with Gasteiger partial charge in [-0.1, -0.05) is 44.2 Å². The summed E-state index contributed by atoms with van der Waals surface area (Å²) in [5.41, 5.74) is 1.01. The predicted octanol–water partition coefficient (Wildman–Crippen LogP) is 2.35. The van der Waals surface area contributed by atoms with Crippen molar-refractivity contribution in [3.05, 3.63) is 47.7 Å². The number of nitrogens with one attached hydrogen (secondary N) is 1. The van der Waals surface area contributed by atoms with Crippen molar-refractivity contribution >= 4 is 0 Å². The summed E-state index contributed by atoms with van der Waals surface area (Å²) in [7, 11) is 1.64. The van der Waals surface area contributed by atoms with Crippen LogP contribution in [-0.2, 0) is 11.2 Å². The van der Waals surface area contributed by atoms with Crippen molar-refractivity contribution in [1.82, 2.24) is 15.5 Å². The molecule has 0 aliphatic carbocycles. The second-order valence-electron chi connectivity index (χ2n) is 4.92. The van der Waals surface area contributed by atoms with Crippen LogP contribution in [0.2, 0.25) is 0 Å². The van der Waals surface area contributed by atoms with Crippen LogP contribution in [0.5, 0.6) is 0 Å². The number of rotatable bonds is 7. The molecule has 1 atom stereocenters. The van der Waals surface area contributed by atoms with Gasteiger partial charge in [-0.05, 0) is 5.56 Å². The molecule has 1 aromatic carbocycles. The zero-order valence-electron chi connectivity index (χ0n) is 12.2. The molecule has 5 heteroatoms. The Balaban J connectivity index is 2.03. The van der Waals surface area contributed by atoms with E-state index in [9.17, 15) is 0 Å². The molecule has 1 aromatic heterocycles. The van der Waals surface area contributed by atoms with Crippen LogP contribution in [0.1, 0.15) is 37.3 Å². The Kier molecular flexibility index (Phi) is 5.26. The molecule has 5 nitrogen and oxygen atoms in total. The van der Waals surface area contributed by atoms with E-state index in [-0.39, 0.29) is 6.10 Å². The number of benzene rings is 1. The van der Waals surface area contributed by atoms with Crippen molar-refractivity contribution in [3.8, 4) is 0 Å². The summed E-state index contributed by atoms with van der Waals surface area (Å²) in [5.74, 6) is 1.13. The van der Waals surface area contributed by atoms with E-state index in [4.69, 9.17) is 9.15 Å². The quantitative estimate of drug-likeness (QED) is 0.840. The summed E-state index contributed by atoms with van der Waals surface area (Å²) in [5, 5.41) is 11.5. The van der Waals surface area contributed by atoms with Crippen LogP contribution in [-0.4, -0.2) is 29.9 Å². The van der Waals surface area contributed by atoms with Gasteiger partial charge in [-0.2, -0.15) is 0 Å². The second-order valence-corrected chi connectivity index (χ2v) is 4.92. The first kappa shape index (κ1) is 14.7. The molecule has 20 heavy (non-hydrogen) atoms. The molecule has 0 aliphatic heterocycles. The average Bonchev–Trinajstić information content (AvgIpc) is 2.89. The first-order chi connectivity index (χ1) is 9.70. The fourth-order valence-electron chi connectivity index (χ4n) is 1.95. The van der Waals surface area contributed by atoms with Crippen LogP contribution < -0.4 is 5.32 Å². The third kappa shape index (κ3) is 3.88. The van der Waals surface area contributed by atoms with Crippen molar-refractivity contribution in [3.63, 3.8) is 0 Å². The number of ether oxygens (including phenoxy) is 1. The van der Waals surface area contributed by atoms with E-state index in [1.807, 2.05) is 30.3 Å². The minimum Gasteiger partial charge on any atom is -0.422 e. The lowest BCUT2D eigenvalue weighted by molar-refractivity contribution is 0.110. The third-order valence-corrected chi connectivity index (χ3v) is 2.94. The molecule has 2 rings (SSSR count). The van der Waals surface area contributed by atoms with E-state index in [0.29, 0.717) is 17.8 Å². The van der Waals surface area contributed by atoms with E-state index < -0.39 is 0 Å². The molecule has 108 valence electrons. The minimum absolute atomic E-state index is 0.310. The maximum Gasteiger partial charge on any atom is 0.249 e. The van der Waals surface area contributed by atoms with Crippen LogP contribution in [0.3, 0.4) is 0 Å². The van der Waals surface area contributed by atoms with Gasteiger partial charge in [-0.15, -0.1) is 10.2 Å². The Morgan fingerprint density at radius 2 is 1.95 bits per heavy atom. The van der Waals surface area contributed by atoms with E-state index >= 15 is 0 Å². The maximum absolute atomic E-state index is 5.69. The highest BCUT2D eigenvalue weighted by Crippen LogP contribution is 2.23. The molecule has 0 aliphatic rings. The lowest BCUT2D eigenvalue weighted by Crippen LogP contribution is -2.25. The zero-order valence-corrected chi connectivity index (χ0v) is 12.2. The van der Waals surface area contributed by atoms with E-state index in [2.05, 4.69) is 29.4 Å². The molecule has 1 unspecified atom stereocenters. The largest absolute Gasteiger partial charge is 0.422 e. The van der Waals surface area contributed by atoms with Gasteiger partial charge >= 0.3 is 0 Å². The number of nitrogens with zero attached hydrogens (tertiary/aromatic N) is 2. The van der Waals surface area contributed by atoms with Gasteiger partial charge in [0.15, 0.2) is 6.10 Å². The SMILES string of the molecule is COC(c1ccccc1)c1nnc(CCNC(C)C)o1. The molecular weight excluding hydrogens is 254 g/mol. The highest BCUT2D eigenvalue weighted by atomic mass is 16.5. The van der Waals surface area contributed by atoms with Gasteiger partial charge in [0.05, 0.1) is 0 Å². The predicted molar refractivity (Wildman–Crippen MR) is 76.4 cm³/mol. The maximum atomic E-state index is 5.69. The highest BCUT2D eigenvalue weighted by molar-refractivity contribution is 5.21. The summed E-state index contributed by atoms with van der Waals surface area (Å²) >= 11 is 0. The van der Waals surface area contributed by atoms with Crippen molar-refractivity contribution in [2.75, 3.05) is 13.7 Å². The molecule has 2 aromatic rings. The Morgan fingerprint density at radius 1 is 1.20 bits per heavy atom. The molecule has 0 spiro atoms. The van der Waals surface area contributed by atoms with Gasteiger partial charge in [0.25, 0.3) is 0 Å². The Morgan fingerprint density at radius 3 is 2.60 bits per heavy atom. The van der Waals surface area contributed by atoms with E-state index in [0.717, 1.165) is 18.5 Å². The number of aromatic nitrogens is 2. The topological polar surface area (TPSA) is 60.2 Å². The lowest BCUT2D eigenvalue weighted by Gasteiger charge is -2.10. The Bertz CT molecular complexity index is 511. The average molecular weight is 275 g/mol. The van der Waals surface area contributed by atoms with Gasteiger partial charge in [0.2, 0.25) is 11.8 Å². The molecule has 1 heterocycles. The van der Waals surface area contributed by atoms with Crippen LogP contribution in [0.25, 0.3) is 0 Å². The standard InChI is InChI=1S/C15H21N3O2/c1-11(2)16-10-9-13-17-18-15(20-13)14(19-3)12-7-5-4-6-8-12/h4-8,11,14,16H,9-10H2,1-3H3. The summed E-state index contributed by atoms with van der Waals surface area (Å²) in [6.07, 6.45) is 0.409. The normalized spacial score (nSPS) is 12.8. The van der Waals surface area contributed by atoms with Gasteiger partial charge in [-0.3, -0.25) is 0 Å². The van der Waals surface area contributed by atoms with E-state index in [1.165, 1.54) is 0 Å². The summed E-state index contributed by atoms with van der Waals surface area (Å²) in [6, 6.07) is 10.3. The van der Waals surface area contributed by atoms with Crippen LogP contribution in [0, 0.1) is 0 Å². The molecule has 0 amide bonds. The van der Waals surface area contributed by atoms with Gasteiger partial charge in [0, 0.05) is 26.1 Å². The van der Waals surface area contributed by atoms with Crippen LogP contribution in [0.15, 0.2) is 34.7 Å². The van der Waals surface area contributed by atoms with Crippen LogP contribution >= 0.6 is 0 Å².